The topological polar surface area (TPSA) is 85.1 Å². The number of nitrogens with one attached hydrogen (secondary N) is 2. The van der Waals surface area contributed by atoms with Crippen LogP contribution in [-0.2, 0) is 22.4 Å². The quantitative estimate of drug-likeness (QED) is 0.591. The van der Waals surface area contributed by atoms with Crippen LogP contribution < -0.4 is 4.90 Å². The molecule has 34 heavy (non-hydrogen) atoms. The first-order valence-corrected chi connectivity index (χ1v) is 12.2. The molecule has 0 unspecified atom stereocenters. The Morgan fingerprint density at radius 2 is 1.88 bits per heavy atom. The third-order valence-electron chi connectivity index (χ3n) is 7.65. The van der Waals surface area contributed by atoms with Crippen molar-refractivity contribution in [3.63, 3.8) is 0 Å². The van der Waals surface area contributed by atoms with Gasteiger partial charge in [-0.1, -0.05) is 33.8 Å². The molecule has 2 amide bonds. The van der Waals surface area contributed by atoms with Crippen LogP contribution >= 0.6 is 0 Å². The lowest BCUT2D eigenvalue weighted by Gasteiger charge is -2.36. The van der Waals surface area contributed by atoms with E-state index in [0.29, 0.717) is 18.4 Å². The number of fused-ring (bicyclic) bond motifs is 2. The lowest BCUT2D eigenvalue weighted by atomic mass is 9.76. The number of nitrogens with zero attached hydrogens (tertiary/aromatic N) is 3. The van der Waals surface area contributed by atoms with Gasteiger partial charge in [-0.05, 0) is 54.7 Å². The first-order valence-electron chi connectivity index (χ1n) is 12.2. The molecular weight excluding hydrogens is 426 g/mol. The number of hydrogen-bond acceptors (Lipinski definition) is 3. The minimum atomic E-state index is -0.0804. The minimum absolute atomic E-state index is 0.0165. The van der Waals surface area contributed by atoms with Crippen LogP contribution in [0.15, 0.2) is 24.3 Å². The van der Waals surface area contributed by atoms with E-state index in [2.05, 4.69) is 48.9 Å². The van der Waals surface area contributed by atoms with Crippen LogP contribution in [0.25, 0.3) is 22.3 Å². The molecule has 2 N–H and O–H groups in total. The van der Waals surface area contributed by atoms with E-state index >= 15 is 0 Å². The highest BCUT2D eigenvalue weighted by Crippen LogP contribution is 2.38. The van der Waals surface area contributed by atoms with Crippen molar-refractivity contribution < 1.29 is 9.59 Å². The average molecular weight is 462 g/mol. The van der Waals surface area contributed by atoms with Gasteiger partial charge >= 0.3 is 0 Å². The van der Waals surface area contributed by atoms with Gasteiger partial charge in [-0.3, -0.25) is 14.7 Å². The highest BCUT2D eigenvalue weighted by Gasteiger charge is 2.33. The Hall–Kier alpha value is -3.09. The summed E-state index contributed by atoms with van der Waals surface area (Å²) in [6.45, 7) is 9.58. The summed E-state index contributed by atoms with van der Waals surface area (Å²) >= 11 is 0. The van der Waals surface area contributed by atoms with Crippen molar-refractivity contribution in [3.8, 4) is 11.4 Å². The number of rotatable bonds is 4. The number of aromatic amines is 2. The summed E-state index contributed by atoms with van der Waals surface area (Å²) in [6, 6.07) is 8.12. The molecule has 0 atom stereocenters. The molecule has 2 aromatic heterocycles. The van der Waals surface area contributed by atoms with Crippen LogP contribution in [0, 0.1) is 10.8 Å². The minimum Gasteiger partial charge on any atom is -0.353 e. The number of likely N-dealkylation sites (tertiary alicyclic amines) is 1. The Bertz CT molecular complexity index is 1270. The fraction of sp³-hybridized carbons (Fsp3) is 0.519. The molecule has 1 saturated heterocycles. The average Bonchev–Trinajstić information content (AvgIpc) is 3.36. The number of carbonyl (C=O) groups is 2. The third kappa shape index (κ3) is 4.24. The van der Waals surface area contributed by atoms with Gasteiger partial charge < -0.3 is 14.8 Å². The summed E-state index contributed by atoms with van der Waals surface area (Å²) < 4.78 is 0. The Kier molecular flexibility index (Phi) is 5.34. The van der Waals surface area contributed by atoms with Crippen molar-refractivity contribution in [2.24, 2.45) is 10.8 Å². The van der Waals surface area contributed by atoms with Crippen LogP contribution in [0.4, 0.5) is 5.69 Å². The monoisotopic (exact) mass is 461 g/mol. The lowest BCUT2D eigenvalue weighted by molar-refractivity contribution is -0.140. The van der Waals surface area contributed by atoms with Crippen molar-refractivity contribution >= 4 is 28.4 Å². The molecular formula is C27H35N5O2. The standard InChI is InChI=1S/C27H35N5O2/c1-26(2)9-8-19-22(14-26)29-30-25(19)21-12-17-6-7-18(13-20(17)28-21)31(5)24(34)16-32-11-10-27(3,4)15-23(32)33/h6-7,12-13,28H,8-11,14-16H2,1-5H3,(H,29,30). The Morgan fingerprint density at radius 3 is 2.65 bits per heavy atom. The van der Waals surface area contributed by atoms with E-state index in [1.807, 2.05) is 18.2 Å². The molecule has 1 aliphatic heterocycles. The number of hydrogen-bond donors (Lipinski definition) is 2. The molecule has 180 valence electrons. The largest absolute Gasteiger partial charge is 0.353 e. The molecule has 5 rings (SSSR count). The summed E-state index contributed by atoms with van der Waals surface area (Å²) in [6.07, 6.45) is 4.61. The molecule has 1 aromatic carbocycles. The number of aromatic nitrogens is 3. The molecule has 3 heterocycles. The molecule has 7 nitrogen and oxygen atoms in total. The molecule has 3 aromatic rings. The van der Waals surface area contributed by atoms with E-state index in [0.717, 1.165) is 53.7 Å². The van der Waals surface area contributed by atoms with Gasteiger partial charge in [0, 0.05) is 47.9 Å². The molecule has 1 aliphatic carbocycles. The number of benzene rings is 1. The Labute approximate surface area is 200 Å². The predicted molar refractivity (Wildman–Crippen MR) is 135 cm³/mol. The zero-order chi connectivity index (χ0) is 24.3. The van der Waals surface area contributed by atoms with Crippen LogP contribution in [0.1, 0.15) is 58.2 Å². The molecule has 0 saturated carbocycles. The first-order chi connectivity index (χ1) is 16.0. The smallest absolute Gasteiger partial charge is 0.246 e. The van der Waals surface area contributed by atoms with E-state index in [4.69, 9.17) is 0 Å². The van der Waals surface area contributed by atoms with Gasteiger partial charge in [0.05, 0.1) is 5.69 Å². The van der Waals surface area contributed by atoms with Gasteiger partial charge in [0.2, 0.25) is 11.8 Å². The maximum Gasteiger partial charge on any atom is 0.246 e. The van der Waals surface area contributed by atoms with Crippen LogP contribution in [0.2, 0.25) is 0 Å². The van der Waals surface area contributed by atoms with Gasteiger partial charge in [0.1, 0.15) is 12.2 Å². The summed E-state index contributed by atoms with van der Waals surface area (Å²) in [7, 11) is 1.78. The molecule has 0 spiro atoms. The van der Waals surface area contributed by atoms with Gasteiger partial charge in [-0.15, -0.1) is 0 Å². The van der Waals surface area contributed by atoms with Crippen molar-refractivity contribution in [2.75, 3.05) is 25.0 Å². The second-order valence-corrected chi connectivity index (χ2v) is 11.7. The van der Waals surface area contributed by atoms with Crippen molar-refractivity contribution in [1.29, 1.82) is 0 Å². The van der Waals surface area contributed by atoms with E-state index in [1.54, 1.807) is 16.8 Å². The maximum absolute atomic E-state index is 13.0. The van der Waals surface area contributed by atoms with Crippen LogP contribution in [0.3, 0.4) is 0 Å². The maximum atomic E-state index is 13.0. The van der Waals surface area contributed by atoms with E-state index in [-0.39, 0.29) is 23.8 Å². The summed E-state index contributed by atoms with van der Waals surface area (Å²) in [5, 5.41) is 8.98. The van der Waals surface area contributed by atoms with E-state index < -0.39 is 0 Å². The normalized spacial score (nSPS) is 19.3. The van der Waals surface area contributed by atoms with Crippen molar-refractivity contribution in [2.45, 2.75) is 59.8 Å². The van der Waals surface area contributed by atoms with Gasteiger partial charge in [-0.2, -0.15) is 5.10 Å². The van der Waals surface area contributed by atoms with E-state index in [1.165, 1.54) is 11.3 Å². The highest BCUT2D eigenvalue weighted by molar-refractivity contribution is 5.98. The number of carbonyl (C=O) groups excluding carboxylic acids is 2. The number of amides is 2. The van der Waals surface area contributed by atoms with Gasteiger partial charge in [-0.25, -0.2) is 0 Å². The number of anilines is 1. The number of H-pyrrole nitrogens is 2. The number of likely N-dealkylation sites (N-methyl/N-ethyl adjacent to an activating group) is 1. The van der Waals surface area contributed by atoms with E-state index in [9.17, 15) is 9.59 Å². The fourth-order valence-corrected chi connectivity index (χ4v) is 5.27. The molecule has 0 bridgehead atoms. The zero-order valence-electron chi connectivity index (χ0n) is 20.9. The second kappa shape index (κ2) is 8.00. The van der Waals surface area contributed by atoms with Crippen LogP contribution in [-0.4, -0.2) is 52.0 Å². The zero-order valence-corrected chi connectivity index (χ0v) is 20.9. The molecule has 2 aliphatic rings. The number of piperidine rings is 1. The molecule has 0 radical (unpaired) electrons. The Balaban J connectivity index is 1.34. The molecule has 7 heteroatoms. The highest BCUT2D eigenvalue weighted by atomic mass is 16.2. The van der Waals surface area contributed by atoms with Crippen molar-refractivity contribution in [3.05, 3.63) is 35.5 Å². The first kappa shape index (κ1) is 22.7. The Morgan fingerprint density at radius 1 is 1.12 bits per heavy atom. The lowest BCUT2D eigenvalue weighted by Crippen LogP contribution is -2.47. The van der Waals surface area contributed by atoms with Crippen molar-refractivity contribution in [1.82, 2.24) is 20.1 Å². The fourth-order valence-electron chi connectivity index (χ4n) is 5.27. The van der Waals surface area contributed by atoms with Crippen LogP contribution in [0.5, 0.6) is 0 Å². The summed E-state index contributed by atoms with van der Waals surface area (Å²) in [5.74, 6) is -0.0173. The summed E-state index contributed by atoms with van der Waals surface area (Å²) in [5.41, 5.74) is 6.65. The van der Waals surface area contributed by atoms with Gasteiger partial charge in [0.25, 0.3) is 0 Å². The summed E-state index contributed by atoms with van der Waals surface area (Å²) in [4.78, 5) is 32.3. The van der Waals surface area contributed by atoms with Gasteiger partial charge in [0.15, 0.2) is 0 Å². The SMILES string of the molecule is CN(C(=O)CN1CCC(C)(C)CC1=O)c1ccc2cc(-c3n[nH]c4c3CCC(C)(C)C4)[nH]c2c1. The third-order valence-corrected chi connectivity index (χ3v) is 7.65. The molecule has 1 fully saturated rings. The predicted octanol–water partition coefficient (Wildman–Crippen LogP) is 4.68. The second-order valence-electron chi connectivity index (χ2n) is 11.7.